The molecule has 0 bridgehead atoms. The number of thiocarbonyl (C=S) groups is 1. The van der Waals surface area contributed by atoms with Crippen molar-refractivity contribution in [1.29, 1.82) is 0 Å². The van der Waals surface area contributed by atoms with Crippen molar-refractivity contribution in [2.45, 2.75) is 12.8 Å². The zero-order valence-electron chi connectivity index (χ0n) is 11.2. The Balaban J connectivity index is 1.89. The van der Waals surface area contributed by atoms with Crippen molar-refractivity contribution in [2.24, 2.45) is 11.7 Å². The molecule has 1 fully saturated rings. The van der Waals surface area contributed by atoms with Gasteiger partial charge >= 0.3 is 0 Å². The van der Waals surface area contributed by atoms with Crippen LogP contribution in [0.4, 0.5) is 5.69 Å². The van der Waals surface area contributed by atoms with Crippen molar-refractivity contribution in [2.75, 3.05) is 32.0 Å². The van der Waals surface area contributed by atoms with E-state index in [9.17, 15) is 0 Å². The molecule has 19 heavy (non-hydrogen) atoms. The van der Waals surface area contributed by atoms with E-state index in [1.165, 1.54) is 25.9 Å². The molecule has 1 aliphatic rings. The van der Waals surface area contributed by atoms with Gasteiger partial charge in [-0.3, -0.25) is 0 Å². The summed E-state index contributed by atoms with van der Waals surface area (Å²) in [6, 6.07) is 6.04. The van der Waals surface area contributed by atoms with Gasteiger partial charge in [-0.1, -0.05) is 12.2 Å². The van der Waals surface area contributed by atoms with E-state index >= 15 is 0 Å². The number of nitrogens with one attached hydrogen (secondary N) is 1. The first-order chi connectivity index (χ1) is 9.06. The number of nitrogens with two attached hydrogens (primary N) is 1. The molecule has 0 radical (unpaired) electrons. The van der Waals surface area contributed by atoms with Crippen LogP contribution in [-0.2, 0) is 0 Å². The molecule has 2 rings (SSSR count). The molecule has 0 saturated carbocycles. The fraction of sp³-hybridized carbons (Fsp3) is 0.500. The second-order valence-corrected chi connectivity index (χ2v) is 6.48. The van der Waals surface area contributed by atoms with Crippen LogP contribution in [0, 0.1) is 5.92 Å². The van der Waals surface area contributed by atoms with Crippen molar-refractivity contribution < 1.29 is 0 Å². The lowest BCUT2D eigenvalue weighted by molar-refractivity contribution is 0.226. The summed E-state index contributed by atoms with van der Waals surface area (Å²) >= 11 is 8.50. The van der Waals surface area contributed by atoms with Crippen LogP contribution in [0.2, 0.25) is 0 Å². The van der Waals surface area contributed by atoms with Crippen LogP contribution in [0.3, 0.4) is 0 Å². The lowest BCUT2D eigenvalue weighted by Gasteiger charge is -2.29. The average molecular weight is 342 g/mol. The molecule has 5 heteroatoms. The summed E-state index contributed by atoms with van der Waals surface area (Å²) < 4.78 is 0.952. The van der Waals surface area contributed by atoms with Crippen LogP contribution in [0.1, 0.15) is 18.4 Å². The van der Waals surface area contributed by atoms with E-state index in [0.717, 1.165) is 28.2 Å². The third kappa shape index (κ3) is 4.16. The number of likely N-dealkylation sites (tertiary alicyclic amines) is 1. The first-order valence-electron chi connectivity index (χ1n) is 6.58. The summed E-state index contributed by atoms with van der Waals surface area (Å²) in [5.41, 5.74) is 7.65. The van der Waals surface area contributed by atoms with Crippen LogP contribution in [0.5, 0.6) is 0 Å². The summed E-state index contributed by atoms with van der Waals surface area (Å²) in [6.07, 6.45) is 2.55. The Morgan fingerprint density at radius 2 is 2.16 bits per heavy atom. The van der Waals surface area contributed by atoms with Gasteiger partial charge in [0.05, 0.1) is 0 Å². The highest BCUT2D eigenvalue weighted by molar-refractivity contribution is 9.10. The number of nitrogens with zero attached hydrogens (tertiary/aromatic N) is 1. The normalized spacial score (nSPS) is 17.4. The second-order valence-electron chi connectivity index (χ2n) is 5.19. The van der Waals surface area contributed by atoms with E-state index in [0.29, 0.717) is 4.99 Å². The molecule has 0 atom stereocenters. The highest BCUT2D eigenvalue weighted by atomic mass is 79.9. The number of hydrogen-bond acceptors (Lipinski definition) is 3. The van der Waals surface area contributed by atoms with E-state index < -0.39 is 0 Å². The minimum atomic E-state index is 0.425. The number of piperidine rings is 1. The number of halogens is 1. The summed E-state index contributed by atoms with van der Waals surface area (Å²) in [5.74, 6) is 0.769. The third-order valence-electron chi connectivity index (χ3n) is 3.67. The maximum Gasteiger partial charge on any atom is 0.105 e. The standard InChI is InChI=1S/C14H20BrN3S/c1-18-6-4-10(5-7-18)9-17-11-2-3-12(14(16)19)13(15)8-11/h2-3,8,10,17H,4-7,9H2,1H3,(H2,16,19). The molecule has 0 spiro atoms. The van der Waals surface area contributed by atoms with Gasteiger partial charge < -0.3 is 16.0 Å². The van der Waals surface area contributed by atoms with E-state index in [1.54, 1.807) is 0 Å². The summed E-state index contributed by atoms with van der Waals surface area (Å²) in [7, 11) is 2.19. The molecule has 1 aromatic carbocycles. The molecule has 1 saturated heterocycles. The van der Waals surface area contributed by atoms with Gasteiger partial charge in [-0.15, -0.1) is 0 Å². The molecule has 3 nitrogen and oxygen atoms in total. The van der Waals surface area contributed by atoms with E-state index in [-0.39, 0.29) is 0 Å². The van der Waals surface area contributed by atoms with Gasteiger partial charge in [-0.2, -0.15) is 0 Å². The van der Waals surface area contributed by atoms with Gasteiger partial charge in [0.1, 0.15) is 4.99 Å². The van der Waals surface area contributed by atoms with Crippen molar-refractivity contribution in [3.63, 3.8) is 0 Å². The van der Waals surface area contributed by atoms with Gasteiger partial charge in [0, 0.05) is 22.3 Å². The van der Waals surface area contributed by atoms with Gasteiger partial charge in [0.15, 0.2) is 0 Å². The average Bonchev–Trinajstić information content (AvgIpc) is 2.37. The maximum atomic E-state index is 5.64. The lowest BCUT2D eigenvalue weighted by atomic mass is 9.97. The monoisotopic (exact) mass is 341 g/mol. The first-order valence-corrected chi connectivity index (χ1v) is 7.78. The SMILES string of the molecule is CN1CCC(CNc2ccc(C(N)=S)c(Br)c2)CC1. The number of anilines is 1. The van der Waals surface area contributed by atoms with E-state index in [1.807, 2.05) is 18.2 Å². The van der Waals surface area contributed by atoms with Gasteiger partial charge in [-0.25, -0.2) is 0 Å². The Morgan fingerprint density at radius 3 is 2.74 bits per heavy atom. The predicted octanol–water partition coefficient (Wildman–Crippen LogP) is 2.84. The molecule has 1 aliphatic heterocycles. The van der Waals surface area contributed by atoms with Crippen LogP contribution < -0.4 is 11.1 Å². The zero-order valence-corrected chi connectivity index (χ0v) is 13.6. The van der Waals surface area contributed by atoms with Gasteiger partial charge in [0.25, 0.3) is 0 Å². The Labute approximate surface area is 128 Å². The summed E-state index contributed by atoms with van der Waals surface area (Å²) in [4.78, 5) is 2.82. The summed E-state index contributed by atoms with van der Waals surface area (Å²) in [6.45, 7) is 3.44. The Bertz CT molecular complexity index is 456. The van der Waals surface area contributed by atoms with Crippen molar-refractivity contribution in [3.05, 3.63) is 28.2 Å². The number of rotatable bonds is 4. The molecule has 0 aliphatic carbocycles. The van der Waals surface area contributed by atoms with Crippen LogP contribution in [0.25, 0.3) is 0 Å². The number of benzene rings is 1. The van der Waals surface area contributed by atoms with Gasteiger partial charge in [0.2, 0.25) is 0 Å². The summed E-state index contributed by atoms with van der Waals surface area (Å²) in [5, 5.41) is 3.50. The first kappa shape index (κ1) is 14.8. The molecular formula is C14H20BrN3S. The van der Waals surface area contributed by atoms with E-state index in [2.05, 4.69) is 33.2 Å². The Kier molecular flexibility index (Phi) is 5.19. The smallest absolute Gasteiger partial charge is 0.105 e. The minimum Gasteiger partial charge on any atom is -0.389 e. The van der Waals surface area contributed by atoms with Crippen molar-refractivity contribution in [3.8, 4) is 0 Å². The molecule has 0 unspecified atom stereocenters. The molecule has 1 heterocycles. The molecular weight excluding hydrogens is 322 g/mol. The Hall–Kier alpha value is -0.650. The molecule has 104 valence electrons. The van der Waals surface area contributed by atoms with Crippen LogP contribution in [-0.4, -0.2) is 36.6 Å². The van der Waals surface area contributed by atoms with Crippen LogP contribution >= 0.6 is 28.1 Å². The maximum absolute atomic E-state index is 5.64. The quantitative estimate of drug-likeness (QED) is 0.826. The lowest BCUT2D eigenvalue weighted by Crippen LogP contribution is -2.32. The zero-order chi connectivity index (χ0) is 13.8. The Morgan fingerprint density at radius 1 is 1.47 bits per heavy atom. The van der Waals surface area contributed by atoms with Crippen molar-refractivity contribution >= 4 is 38.8 Å². The molecule has 0 aromatic heterocycles. The molecule has 0 amide bonds. The highest BCUT2D eigenvalue weighted by Gasteiger charge is 2.16. The fourth-order valence-electron chi connectivity index (χ4n) is 2.35. The third-order valence-corrected chi connectivity index (χ3v) is 4.54. The second kappa shape index (κ2) is 6.68. The minimum absolute atomic E-state index is 0.425. The van der Waals surface area contributed by atoms with E-state index in [4.69, 9.17) is 18.0 Å². The number of hydrogen-bond donors (Lipinski definition) is 2. The molecule has 3 N–H and O–H groups in total. The fourth-order valence-corrected chi connectivity index (χ4v) is 3.25. The van der Waals surface area contributed by atoms with Crippen molar-refractivity contribution in [1.82, 2.24) is 4.90 Å². The van der Waals surface area contributed by atoms with Gasteiger partial charge in [-0.05, 0) is 73.0 Å². The predicted molar refractivity (Wildman–Crippen MR) is 88.7 cm³/mol. The topological polar surface area (TPSA) is 41.3 Å². The largest absolute Gasteiger partial charge is 0.389 e. The highest BCUT2D eigenvalue weighted by Crippen LogP contribution is 2.23. The molecule has 1 aromatic rings. The van der Waals surface area contributed by atoms with Crippen LogP contribution in [0.15, 0.2) is 22.7 Å².